The third-order valence-corrected chi connectivity index (χ3v) is 7.33. The average molecular weight is 445 g/mol. The van der Waals surface area contributed by atoms with Crippen molar-refractivity contribution in [2.45, 2.75) is 44.4 Å². The topological polar surface area (TPSA) is 92.8 Å². The number of ketones is 1. The average Bonchev–Trinajstić information content (AvgIpc) is 3.04. The van der Waals surface area contributed by atoms with Gasteiger partial charge >= 0.3 is 0 Å². The molecule has 2 aromatic rings. The van der Waals surface area contributed by atoms with Gasteiger partial charge in [-0.2, -0.15) is 4.31 Å². The number of carbonyl (C=O) groups excluding carboxylic acids is 2. The summed E-state index contributed by atoms with van der Waals surface area (Å²) in [7, 11) is -3.62. The first-order valence-electron chi connectivity index (χ1n) is 10.4. The Morgan fingerprint density at radius 2 is 1.65 bits per heavy atom. The van der Waals surface area contributed by atoms with E-state index in [1.165, 1.54) is 13.0 Å². The Balaban J connectivity index is 1.66. The number of ether oxygens (including phenoxy) is 1. The summed E-state index contributed by atoms with van der Waals surface area (Å²) in [6, 6.07) is 11.4. The van der Waals surface area contributed by atoms with Crippen LogP contribution in [-0.4, -0.2) is 44.1 Å². The Morgan fingerprint density at radius 3 is 2.26 bits per heavy atom. The van der Waals surface area contributed by atoms with E-state index in [1.807, 2.05) is 0 Å². The predicted octanol–water partition coefficient (Wildman–Crippen LogP) is 3.78. The number of anilines is 1. The molecule has 1 heterocycles. The van der Waals surface area contributed by atoms with Crippen LogP contribution in [-0.2, 0) is 14.8 Å². The summed E-state index contributed by atoms with van der Waals surface area (Å²) in [6.07, 6.45) is 3.80. The molecule has 2 aromatic carbocycles. The van der Waals surface area contributed by atoms with E-state index in [0.717, 1.165) is 25.7 Å². The van der Waals surface area contributed by atoms with Gasteiger partial charge in [-0.25, -0.2) is 8.42 Å². The summed E-state index contributed by atoms with van der Waals surface area (Å²) in [6.45, 7) is 4.04. The molecule has 0 aromatic heterocycles. The Labute approximate surface area is 183 Å². The lowest BCUT2D eigenvalue weighted by atomic mass is 10.1. The number of aryl methyl sites for hydroxylation is 1. The second-order valence-corrected chi connectivity index (χ2v) is 9.62. The molecule has 0 spiro atoms. The van der Waals surface area contributed by atoms with E-state index >= 15 is 0 Å². The highest BCUT2D eigenvalue weighted by atomic mass is 32.2. The minimum absolute atomic E-state index is 0.0467. The van der Waals surface area contributed by atoms with Crippen LogP contribution < -0.4 is 10.1 Å². The molecule has 0 bridgehead atoms. The van der Waals surface area contributed by atoms with Crippen LogP contribution in [0.5, 0.6) is 5.75 Å². The van der Waals surface area contributed by atoms with Crippen molar-refractivity contribution in [2.24, 2.45) is 0 Å². The maximum atomic E-state index is 13.1. The smallest absolute Gasteiger partial charge is 0.262 e. The second-order valence-electron chi connectivity index (χ2n) is 7.72. The maximum Gasteiger partial charge on any atom is 0.262 e. The van der Waals surface area contributed by atoms with Crippen molar-refractivity contribution in [1.82, 2.24) is 4.31 Å². The molecule has 3 rings (SSSR count). The Kier molecular flexibility index (Phi) is 7.46. The number of amides is 1. The highest BCUT2D eigenvalue weighted by Gasteiger charge is 2.27. The van der Waals surface area contributed by atoms with Gasteiger partial charge in [0.15, 0.2) is 12.4 Å². The van der Waals surface area contributed by atoms with Crippen LogP contribution in [0.1, 0.15) is 48.5 Å². The van der Waals surface area contributed by atoms with Crippen LogP contribution in [0, 0.1) is 6.92 Å². The van der Waals surface area contributed by atoms with E-state index < -0.39 is 15.9 Å². The molecular weight excluding hydrogens is 416 g/mol. The van der Waals surface area contributed by atoms with Crippen molar-refractivity contribution in [3.63, 3.8) is 0 Å². The van der Waals surface area contributed by atoms with Crippen LogP contribution in [0.4, 0.5) is 5.69 Å². The van der Waals surface area contributed by atoms with Crippen LogP contribution in [0.3, 0.4) is 0 Å². The van der Waals surface area contributed by atoms with Gasteiger partial charge in [0.1, 0.15) is 5.75 Å². The number of rotatable bonds is 7. The molecule has 1 saturated heterocycles. The van der Waals surface area contributed by atoms with Gasteiger partial charge in [0.25, 0.3) is 5.91 Å². The van der Waals surface area contributed by atoms with Gasteiger partial charge in [-0.3, -0.25) is 9.59 Å². The number of hydrogen-bond acceptors (Lipinski definition) is 5. The molecule has 0 unspecified atom stereocenters. The summed E-state index contributed by atoms with van der Waals surface area (Å²) < 4.78 is 33.3. The Bertz CT molecular complexity index is 1040. The van der Waals surface area contributed by atoms with Gasteiger partial charge in [0, 0.05) is 24.3 Å². The van der Waals surface area contributed by atoms with E-state index in [9.17, 15) is 18.0 Å². The number of nitrogens with zero attached hydrogens (tertiary/aromatic N) is 1. The van der Waals surface area contributed by atoms with E-state index in [-0.39, 0.29) is 17.3 Å². The summed E-state index contributed by atoms with van der Waals surface area (Å²) in [5, 5.41) is 2.70. The SMILES string of the molecule is CC(=O)c1ccc(OCC(=O)Nc2ccc(C)c(S(=O)(=O)N3CCCCCC3)c2)cc1. The molecule has 1 N–H and O–H groups in total. The van der Waals surface area contributed by atoms with Crippen molar-refractivity contribution in [3.8, 4) is 5.75 Å². The zero-order chi connectivity index (χ0) is 22.4. The van der Waals surface area contributed by atoms with Gasteiger partial charge in [0.05, 0.1) is 4.90 Å². The summed E-state index contributed by atoms with van der Waals surface area (Å²) in [4.78, 5) is 23.8. The van der Waals surface area contributed by atoms with Gasteiger partial charge in [0.2, 0.25) is 10.0 Å². The van der Waals surface area contributed by atoms with Crippen molar-refractivity contribution in [2.75, 3.05) is 25.0 Å². The maximum absolute atomic E-state index is 13.1. The number of carbonyl (C=O) groups is 2. The van der Waals surface area contributed by atoms with Crippen LogP contribution in [0.15, 0.2) is 47.4 Å². The monoisotopic (exact) mass is 444 g/mol. The van der Waals surface area contributed by atoms with E-state index in [4.69, 9.17) is 4.74 Å². The molecule has 0 saturated carbocycles. The Morgan fingerprint density at radius 1 is 1.00 bits per heavy atom. The lowest BCUT2D eigenvalue weighted by Crippen LogP contribution is -2.32. The van der Waals surface area contributed by atoms with Crippen molar-refractivity contribution in [3.05, 3.63) is 53.6 Å². The lowest BCUT2D eigenvalue weighted by molar-refractivity contribution is -0.118. The first kappa shape index (κ1) is 23.0. The third-order valence-electron chi connectivity index (χ3n) is 5.29. The molecule has 1 fully saturated rings. The molecule has 166 valence electrons. The number of sulfonamides is 1. The molecule has 8 heteroatoms. The van der Waals surface area contributed by atoms with Crippen molar-refractivity contribution >= 4 is 27.4 Å². The van der Waals surface area contributed by atoms with Crippen LogP contribution in [0.25, 0.3) is 0 Å². The summed E-state index contributed by atoms with van der Waals surface area (Å²) in [5.74, 6) is 0.0145. The van der Waals surface area contributed by atoms with Crippen molar-refractivity contribution in [1.29, 1.82) is 0 Å². The van der Waals surface area contributed by atoms with Gasteiger partial charge in [-0.1, -0.05) is 18.9 Å². The molecule has 31 heavy (non-hydrogen) atoms. The molecule has 0 aliphatic carbocycles. The van der Waals surface area contributed by atoms with Gasteiger partial charge in [-0.15, -0.1) is 0 Å². The second kappa shape index (κ2) is 10.1. The summed E-state index contributed by atoms with van der Waals surface area (Å²) in [5.41, 5.74) is 1.61. The van der Waals surface area contributed by atoms with Crippen LogP contribution in [0.2, 0.25) is 0 Å². The summed E-state index contributed by atoms with van der Waals surface area (Å²) >= 11 is 0. The zero-order valence-electron chi connectivity index (χ0n) is 17.9. The number of benzene rings is 2. The number of Topliss-reactive ketones (excluding diaryl/α,β-unsaturated/α-hetero) is 1. The fraction of sp³-hybridized carbons (Fsp3) is 0.391. The van der Waals surface area contributed by atoms with Crippen molar-refractivity contribution < 1.29 is 22.7 Å². The minimum Gasteiger partial charge on any atom is -0.484 e. The lowest BCUT2D eigenvalue weighted by Gasteiger charge is -2.21. The zero-order valence-corrected chi connectivity index (χ0v) is 18.7. The van der Waals surface area contributed by atoms with E-state index in [2.05, 4.69) is 5.32 Å². The highest BCUT2D eigenvalue weighted by Crippen LogP contribution is 2.26. The first-order chi connectivity index (χ1) is 14.8. The molecule has 0 atom stereocenters. The Hall–Kier alpha value is -2.71. The van der Waals surface area contributed by atoms with E-state index in [1.54, 1.807) is 47.6 Å². The molecule has 0 radical (unpaired) electrons. The van der Waals surface area contributed by atoms with Crippen LogP contribution >= 0.6 is 0 Å². The third kappa shape index (κ3) is 5.92. The number of hydrogen-bond donors (Lipinski definition) is 1. The molecule has 1 aliphatic rings. The van der Waals surface area contributed by atoms with Gasteiger partial charge in [-0.05, 0) is 68.7 Å². The molecule has 7 nitrogen and oxygen atoms in total. The fourth-order valence-electron chi connectivity index (χ4n) is 3.51. The minimum atomic E-state index is -3.62. The van der Waals surface area contributed by atoms with Gasteiger partial charge < -0.3 is 10.1 Å². The highest BCUT2D eigenvalue weighted by molar-refractivity contribution is 7.89. The fourth-order valence-corrected chi connectivity index (χ4v) is 5.28. The molecule has 1 amide bonds. The number of nitrogens with one attached hydrogen (secondary N) is 1. The predicted molar refractivity (Wildman–Crippen MR) is 119 cm³/mol. The largest absolute Gasteiger partial charge is 0.484 e. The quantitative estimate of drug-likeness (QED) is 0.656. The molecule has 1 aliphatic heterocycles. The van der Waals surface area contributed by atoms with E-state index in [0.29, 0.717) is 35.7 Å². The standard InChI is InChI=1S/C23H28N2O5S/c1-17-7-10-20(15-22(17)31(28,29)25-13-5-3-4-6-14-25)24-23(27)16-30-21-11-8-19(9-12-21)18(2)26/h7-12,15H,3-6,13-14,16H2,1-2H3,(H,24,27). The normalized spacial score (nSPS) is 15.2. The first-order valence-corrected chi connectivity index (χ1v) is 11.9. The molecular formula is C23H28N2O5S.